The molecule has 11 nitrogen and oxygen atoms in total. The second-order valence-electron chi connectivity index (χ2n) is 8.94. The van der Waals surface area contributed by atoms with Crippen LogP contribution in [-0.4, -0.2) is 92.2 Å². The van der Waals surface area contributed by atoms with E-state index in [0.29, 0.717) is 53.4 Å². The average Bonchev–Trinajstić information content (AvgIpc) is 3.42. The highest BCUT2D eigenvalue weighted by atomic mass is 35.5. The normalized spacial score (nSPS) is 20.3. The van der Waals surface area contributed by atoms with Gasteiger partial charge in [0.2, 0.25) is 0 Å². The van der Waals surface area contributed by atoms with Gasteiger partial charge in [-0.05, 0) is 29.8 Å². The van der Waals surface area contributed by atoms with Gasteiger partial charge >= 0.3 is 5.97 Å². The van der Waals surface area contributed by atoms with Gasteiger partial charge in [-0.1, -0.05) is 41.4 Å². The van der Waals surface area contributed by atoms with Crippen molar-refractivity contribution in [2.24, 2.45) is 0 Å². The van der Waals surface area contributed by atoms with Crippen LogP contribution in [0.1, 0.15) is 5.56 Å². The zero-order valence-corrected chi connectivity index (χ0v) is 22.5. The Kier molecular flexibility index (Phi) is 10.4. The number of amides is 2. The molecule has 4 rings (SSSR count). The quantitative estimate of drug-likeness (QED) is 0.364. The number of para-hydroxylation sites is 1. The molecule has 0 bridgehead atoms. The lowest BCUT2D eigenvalue weighted by Gasteiger charge is -2.26. The molecule has 0 aliphatic carbocycles. The zero-order chi connectivity index (χ0) is 27.8. The molecule has 2 heterocycles. The molecular weight excluding hydrogens is 553 g/mol. The number of carboxylic acid groups (broad SMARTS) is 1. The van der Waals surface area contributed by atoms with Crippen molar-refractivity contribution in [1.29, 1.82) is 0 Å². The standard InChI is InChI=1S/C26H29Cl2N3O8/c27-18-2-1-3-19(28)21(18)39-17-6-4-16(5-7-17)14-20(26(34)35)30-25(33)23-22(37-15-38-23)24(32)29-8-9-31-10-12-36-13-11-31/h1-7,20,22-23H,8-15H2,(H,29,32)(H,30,33)(H,34,35)/t20-,22+,23+/m0/s1. The van der Waals surface area contributed by atoms with Crippen molar-refractivity contribution in [3.05, 3.63) is 58.1 Å². The summed E-state index contributed by atoms with van der Waals surface area (Å²) >= 11 is 12.3. The molecule has 3 atom stereocenters. The summed E-state index contributed by atoms with van der Waals surface area (Å²) in [4.78, 5) is 39.6. The van der Waals surface area contributed by atoms with Crippen molar-refractivity contribution < 1.29 is 38.4 Å². The van der Waals surface area contributed by atoms with Crippen molar-refractivity contribution >= 4 is 41.0 Å². The fourth-order valence-corrected chi connectivity index (χ4v) is 4.61. The van der Waals surface area contributed by atoms with Crippen molar-refractivity contribution in [2.75, 3.05) is 46.2 Å². The summed E-state index contributed by atoms with van der Waals surface area (Å²) in [5.74, 6) is -1.73. The van der Waals surface area contributed by atoms with E-state index in [2.05, 4.69) is 15.5 Å². The molecule has 210 valence electrons. The molecule has 13 heteroatoms. The van der Waals surface area contributed by atoms with E-state index in [1.54, 1.807) is 42.5 Å². The maximum Gasteiger partial charge on any atom is 0.326 e. The molecule has 2 aromatic carbocycles. The van der Waals surface area contributed by atoms with Gasteiger partial charge in [0.15, 0.2) is 18.0 Å². The van der Waals surface area contributed by atoms with Gasteiger partial charge in [-0.15, -0.1) is 0 Å². The number of nitrogens with one attached hydrogen (secondary N) is 2. The Balaban J connectivity index is 1.30. The van der Waals surface area contributed by atoms with E-state index in [9.17, 15) is 19.5 Å². The third-order valence-electron chi connectivity index (χ3n) is 6.23. The molecule has 2 aromatic rings. The van der Waals surface area contributed by atoms with Crippen LogP contribution >= 0.6 is 23.2 Å². The molecule has 0 spiro atoms. The summed E-state index contributed by atoms with van der Waals surface area (Å²) in [6.45, 7) is 3.61. The van der Waals surface area contributed by atoms with Gasteiger partial charge in [0.1, 0.15) is 18.6 Å². The molecule has 0 aromatic heterocycles. The number of ether oxygens (including phenoxy) is 4. The number of halogens is 2. The highest BCUT2D eigenvalue weighted by Crippen LogP contribution is 2.36. The first-order chi connectivity index (χ1) is 18.8. The molecule has 0 radical (unpaired) electrons. The second-order valence-corrected chi connectivity index (χ2v) is 9.75. The fraction of sp³-hybridized carbons (Fsp3) is 0.423. The second kappa shape index (κ2) is 13.9. The molecule has 2 aliphatic heterocycles. The maximum atomic E-state index is 12.9. The van der Waals surface area contributed by atoms with E-state index < -0.39 is 36.0 Å². The lowest BCUT2D eigenvalue weighted by atomic mass is 10.0. The summed E-state index contributed by atoms with van der Waals surface area (Å²) < 4.78 is 21.7. The summed E-state index contributed by atoms with van der Waals surface area (Å²) in [6, 6.07) is 10.3. The van der Waals surface area contributed by atoms with Crippen molar-refractivity contribution in [3.63, 3.8) is 0 Å². The molecule has 0 saturated carbocycles. The number of carboxylic acids is 1. The van der Waals surface area contributed by atoms with Crippen molar-refractivity contribution in [1.82, 2.24) is 15.5 Å². The predicted octanol–water partition coefficient (Wildman–Crippen LogP) is 2.09. The topological polar surface area (TPSA) is 136 Å². The average molecular weight is 582 g/mol. The molecule has 3 N–H and O–H groups in total. The van der Waals surface area contributed by atoms with E-state index in [-0.39, 0.29) is 13.2 Å². The Morgan fingerprint density at radius 3 is 2.28 bits per heavy atom. The van der Waals surface area contributed by atoms with Gasteiger partial charge in [-0.25, -0.2) is 4.79 Å². The highest BCUT2D eigenvalue weighted by Gasteiger charge is 2.41. The van der Waals surface area contributed by atoms with E-state index in [1.807, 2.05) is 0 Å². The van der Waals surface area contributed by atoms with Gasteiger partial charge < -0.3 is 34.7 Å². The van der Waals surface area contributed by atoms with Crippen LogP contribution in [0.15, 0.2) is 42.5 Å². The predicted molar refractivity (Wildman–Crippen MR) is 141 cm³/mol. The highest BCUT2D eigenvalue weighted by molar-refractivity contribution is 6.37. The minimum atomic E-state index is -1.27. The molecule has 2 aliphatic rings. The van der Waals surface area contributed by atoms with Crippen LogP contribution in [0, 0.1) is 0 Å². The smallest absolute Gasteiger partial charge is 0.326 e. The van der Waals surface area contributed by atoms with Gasteiger partial charge in [-0.3, -0.25) is 14.5 Å². The number of morpholine rings is 1. The number of carbonyl (C=O) groups is 3. The molecule has 0 unspecified atom stereocenters. The summed E-state index contributed by atoms with van der Waals surface area (Å²) in [5.41, 5.74) is 0.626. The largest absolute Gasteiger partial charge is 0.480 e. The van der Waals surface area contributed by atoms with Crippen LogP contribution in [0.3, 0.4) is 0 Å². The van der Waals surface area contributed by atoms with E-state index >= 15 is 0 Å². The Hall–Kier alpha value is -2.93. The SMILES string of the molecule is O=C(O)[C@H](Cc1ccc(Oc2c(Cl)cccc2Cl)cc1)NC(=O)[C@@H]1OCO[C@H]1C(=O)NCCN1CCOCC1. The van der Waals surface area contributed by atoms with Gasteiger partial charge in [0.05, 0.1) is 23.3 Å². The first-order valence-corrected chi connectivity index (χ1v) is 13.1. The van der Waals surface area contributed by atoms with Gasteiger partial charge in [-0.2, -0.15) is 0 Å². The number of aliphatic carboxylic acids is 1. The van der Waals surface area contributed by atoms with E-state index in [0.717, 1.165) is 13.1 Å². The number of benzene rings is 2. The van der Waals surface area contributed by atoms with Crippen LogP contribution < -0.4 is 15.4 Å². The van der Waals surface area contributed by atoms with E-state index in [1.165, 1.54) is 0 Å². The lowest BCUT2D eigenvalue weighted by Crippen LogP contribution is -2.53. The van der Waals surface area contributed by atoms with Gasteiger partial charge in [0, 0.05) is 32.6 Å². The van der Waals surface area contributed by atoms with Crippen LogP contribution in [0.25, 0.3) is 0 Å². The first kappa shape index (κ1) is 29.1. The van der Waals surface area contributed by atoms with Crippen LogP contribution in [-0.2, 0) is 35.0 Å². The van der Waals surface area contributed by atoms with Crippen LogP contribution in [0.2, 0.25) is 10.0 Å². The number of hydrogen-bond acceptors (Lipinski definition) is 8. The number of nitrogens with zero attached hydrogens (tertiary/aromatic N) is 1. The number of carbonyl (C=O) groups excluding carboxylic acids is 2. The molecule has 39 heavy (non-hydrogen) atoms. The number of hydrogen-bond donors (Lipinski definition) is 3. The molecule has 2 fully saturated rings. The summed E-state index contributed by atoms with van der Waals surface area (Å²) in [7, 11) is 0. The van der Waals surface area contributed by atoms with Crippen LogP contribution in [0.4, 0.5) is 0 Å². The fourth-order valence-electron chi connectivity index (χ4n) is 4.13. The van der Waals surface area contributed by atoms with Crippen molar-refractivity contribution in [2.45, 2.75) is 24.7 Å². The minimum absolute atomic E-state index is 0.0157. The third kappa shape index (κ3) is 8.04. The third-order valence-corrected chi connectivity index (χ3v) is 6.83. The summed E-state index contributed by atoms with van der Waals surface area (Å²) in [5, 5.41) is 15.6. The molecule has 2 saturated heterocycles. The van der Waals surface area contributed by atoms with Crippen molar-refractivity contribution in [3.8, 4) is 11.5 Å². The lowest BCUT2D eigenvalue weighted by molar-refractivity contribution is -0.144. The Labute approximate surface area is 235 Å². The maximum absolute atomic E-state index is 12.9. The summed E-state index contributed by atoms with van der Waals surface area (Å²) in [6.07, 6.45) is -2.47. The molecule has 2 amide bonds. The monoisotopic (exact) mass is 581 g/mol. The Bertz CT molecular complexity index is 1140. The molecular formula is C26H29Cl2N3O8. The van der Waals surface area contributed by atoms with Crippen LogP contribution in [0.5, 0.6) is 11.5 Å². The first-order valence-electron chi connectivity index (χ1n) is 12.4. The Morgan fingerprint density at radius 2 is 1.64 bits per heavy atom. The minimum Gasteiger partial charge on any atom is -0.480 e. The zero-order valence-electron chi connectivity index (χ0n) is 20.9. The van der Waals surface area contributed by atoms with E-state index in [4.69, 9.17) is 42.1 Å². The number of rotatable bonds is 11. The van der Waals surface area contributed by atoms with Gasteiger partial charge in [0.25, 0.3) is 11.8 Å². The Morgan fingerprint density at radius 1 is 1.00 bits per heavy atom.